The zero-order valence-electron chi connectivity index (χ0n) is 21.4. The second kappa shape index (κ2) is 11.5. The Morgan fingerprint density at radius 3 is 2.22 bits per heavy atom. The predicted molar refractivity (Wildman–Crippen MR) is 130 cm³/mol. The molecule has 0 bridgehead atoms. The first-order chi connectivity index (χ1) is 19.2. The number of rotatable bonds is 6. The zero-order chi connectivity index (χ0) is 30.1. The number of carbonyl (C=O) groups is 3. The fourth-order valence-corrected chi connectivity index (χ4v) is 5.05. The van der Waals surface area contributed by atoms with Crippen LogP contribution >= 0.6 is 0 Å². The molecule has 0 spiro atoms. The molecule has 2 aliphatic rings. The number of fused-ring (bicyclic) bond motifs is 1. The van der Waals surface area contributed by atoms with Gasteiger partial charge >= 0.3 is 18.4 Å². The number of alkyl halides is 6. The number of halogens is 7. The molecular weight excluding hydrogens is 563 g/mol. The number of carbonyl (C=O) groups excluding carboxylic acids is 3. The first-order valence-corrected chi connectivity index (χ1v) is 12.6. The van der Waals surface area contributed by atoms with E-state index in [1.54, 1.807) is 6.07 Å². The van der Waals surface area contributed by atoms with E-state index in [1.165, 1.54) is 32.9 Å². The van der Waals surface area contributed by atoms with Crippen molar-refractivity contribution < 1.29 is 45.1 Å². The van der Waals surface area contributed by atoms with Gasteiger partial charge in [0.15, 0.2) is 0 Å². The summed E-state index contributed by atoms with van der Waals surface area (Å²) in [5.41, 5.74) is 2.68. The van der Waals surface area contributed by atoms with Gasteiger partial charge in [0.25, 0.3) is 0 Å². The molecule has 2 heterocycles. The maximum atomic E-state index is 13.8. The van der Waals surface area contributed by atoms with Gasteiger partial charge in [-0.15, -0.1) is 0 Å². The molecule has 4 rings (SSSR count). The topological polar surface area (TPSA) is 99.0 Å². The molecule has 2 saturated heterocycles. The number of amides is 4. The second-order valence-electron chi connectivity index (χ2n) is 9.74. The van der Waals surface area contributed by atoms with Crippen molar-refractivity contribution in [1.82, 2.24) is 20.0 Å². The lowest BCUT2D eigenvalue weighted by molar-refractivity contribution is -0.167. The Hall–Kier alpha value is -3.88. The minimum atomic E-state index is -5.05. The van der Waals surface area contributed by atoms with Gasteiger partial charge in [-0.2, -0.15) is 26.3 Å². The fraction of sp³-hybridized carbons (Fsp3) is 0.423. The molecule has 2 aromatic rings. The van der Waals surface area contributed by atoms with Crippen molar-refractivity contribution in [2.45, 2.75) is 50.5 Å². The number of hydrogen-bond acceptors (Lipinski definition) is 4. The highest BCUT2D eigenvalue weighted by Crippen LogP contribution is 2.36. The maximum Gasteiger partial charge on any atom is 0.416 e. The zero-order valence-corrected chi connectivity index (χ0v) is 21.4. The van der Waals surface area contributed by atoms with Crippen molar-refractivity contribution in [3.8, 4) is 0 Å². The van der Waals surface area contributed by atoms with Crippen LogP contribution in [0, 0.1) is 5.82 Å². The Morgan fingerprint density at radius 2 is 1.63 bits per heavy atom. The molecule has 2 atom stereocenters. The summed E-state index contributed by atoms with van der Waals surface area (Å²) in [5.74, 6) is -1.39. The third kappa shape index (κ3) is 6.72. The number of nitrogens with two attached hydrogens (primary N) is 1. The Bertz CT molecular complexity index is 1280. The van der Waals surface area contributed by atoms with Gasteiger partial charge in [0.2, 0.25) is 11.8 Å². The van der Waals surface area contributed by atoms with Crippen LogP contribution in [0.15, 0.2) is 42.5 Å². The molecule has 0 unspecified atom stereocenters. The molecule has 2 fully saturated rings. The Labute approximate surface area is 229 Å². The van der Waals surface area contributed by atoms with Gasteiger partial charge in [0.1, 0.15) is 18.0 Å². The van der Waals surface area contributed by atoms with E-state index in [0.29, 0.717) is 17.7 Å². The van der Waals surface area contributed by atoms with Gasteiger partial charge in [-0.25, -0.2) is 9.18 Å². The van der Waals surface area contributed by atoms with Crippen LogP contribution in [0.5, 0.6) is 0 Å². The van der Waals surface area contributed by atoms with E-state index in [-0.39, 0.29) is 45.1 Å². The molecule has 0 aromatic heterocycles. The van der Waals surface area contributed by atoms with E-state index in [9.17, 15) is 45.1 Å². The van der Waals surface area contributed by atoms with Crippen LogP contribution in [0.2, 0.25) is 0 Å². The van der Waals surface area contributed by atoms with Crippen LogP contribution in [-0.4, -0.2) is 64.4 Å². The molecule has 0 aliphatic carbocycles. The van der Waals surface area contributed by atoms with Gasteiger partial charge in [-0.3, -0.25) is 9.59 Å². The summed E-state index contributed by atoms with van der Waals surface area (Å²) in [6.07, 6.45) is -11.2. The highest BCUT2D eigenvalue weighted by molar-refractivity contribution is 5.91. The van der Waals surface area contributed by atoms with Crippen molar-refractivity contribution in [1.29, 1.82) is 0 Å². The number of hydrogen-bond donors (Lipinski definition) is 2. The number of nitrogens with one attached hydrogen (secondary N) is 1. The van der Waals surface area contributed by atoms with Crippen LogP contribution in [0.4, 0.5) is 35.5 Å². The van der Waals surface area contributed by atoms with Crippen LogP contribution in [0.3, 0.4) is 0 Å². The molecule has 8 nitrogen and oxygen atoms in total. The Balaban J connectivity index is 1.57. The quantitative estimate of drug-likeness (QED) is 0.503. The first kappa shape index (κ1) is 30.1. The van der Waals surface area contributed by atoms with Gasteiger partial charge in [0, 0.05) is 26.1 Å². The average Bonchev–Trinajstić information content (AvgIpc) is 2.88. The first-order valence-electron chi connectivity index (χ1n) is 12.6. The summed E-state index contributed by atoms with van der Waals surface area (Å²) in [5, 5.41) is 2.34. The molecule has 4 amide bonds. The molecule has 15 heteroatoms. The van der Waals surface area contributed by atoms with E-state index >= 15 is 0 Å². The molecule has 2 aromatic carbocycles. The van der Waals surface area contributed by atoms with Crippen molar-refractivity contribution in [2.24, 2.45) is 5.73 Å². The molecule has 0 radical (unpaired) electrons. The molecule has 41 heavy (non-hydrogen) atoms. The SMILES string of the molecule is NCC[C@H]1C(=O)N(Cc2cccc(F)c2)C[C@@H]2N(C(=O)NCc3cc(C(F)(F)F)cc(C(F)(F)F)c3)CCC(=O)N21. The summed E-state index contributed by atoms with van der Waals surface area (Å²) in [6, 6.07) is 4.66. The standard InChI is InChI=1S/C26H26F7N5O3/c27-19-3-1-2-15(10-19)13-36-14-21-37(7-5-22(39)38(21)20(4-6-34)23(36)40)24(41)35-12-16-8-17(25(28,29)30)11-18(9-16)26(31,32)33/h1-3,8-11,20-21H,4-7,12-14,34H2,(H,35,41)/t20-,21+/m0/s1. The third-order valence-electron chi connectivity index (χ3n) is 6.91. The summed E-state index contributed by atoms with van der Waals surface area (Å²) in [7, 11) is 0. The summed E-state index contributed by atoms with van der Waals surface area (Å²) in [4.78, 5) is 43.2. The fourth-order valence-electron chi connectivity index (χ4n) is 5.05. The summed E-state index contributed by atoms with van der Waals surface area (Å²) in [6.45, 7) is -0.932. The molecule has 3 N–H and O–H groups in total. The third-order valence-corrected chi connectivity index (χ3v) is 6.91. The largest absolute Gasteiger partial charge is 0.416 e. The van der Waals surface area contributed by atoms with Crippen LogP contribution in [-0.2, 0) is 35.0 Å². The molecular formula is C26H26F7N5O3. The van der Waals surface area contributed by atoms with Crippen molar-refractivity contribution in [3.63, 3.8) is 0 Å². The molecule has 2 aliphatic heterocycles. The van der Waals surface area contributed by atoms with Gasteiger partial charge < -0.3 is 25.8 Å². The van der Waals surface area contributed by atoms with E-state index in [2.05, 4.69) is 5.32 Å². The van der Waals surface area contributed by atoms with Crippen LogP contribution in [0.1, 0.15) is 35.1 Å². The van der Waals surface area contributed by atoms with Crippen molar-refractivity contribution in [3.05, 3.63) is 70.5 Å². The summed E-state index contributed by atoms with van der Waals surface area (Å²) < 4.78 is 93.1. The second-order valence-corrected chi connectivity index (χ2v) is 9.74. The summed E-state index contributed by atoms with van der Waals surface area (Å²) >= 11 is 0. The Kier molecular flexibility index (Phi) is 8.47. The molecule has 222 valence electrons. The van der Waals surface area contributed by atoms with Crippen LogP contribution in [0.25, 0.3) is 0 Å². The minimum absolute atomic E-state index is 0.0107. The number of nitrogens with zero attached hydrogens (tertiary/aromatic N) is 3. The average molecular weight is 590 g/mol. The van der Waals surface area contributed by atoms with Gasteiger partial charge in [0.05, 0.1) is 17.7 Å². The van der Waals surface area contributed by atoms with E-state index in [1.807, 2.05) is 0 Å². The van der Waals surface area contributed by atoms with Gasteiger partial charge in [-0.1, -0.05) is 12.1 Å². The number of piperazine rings is 1. The van der Waals surface area contributed by atoms with Crippen molar-refractivity contribution in [2.75, 3.05) is 19.6 Å². The lowest BCUT2D eigenvalue weighted by Crippen LogP contribution is -2.72. The highest BCUT2D eigenvalue weighted by Gasteiger charge is 2.48. The number of urea groups is 1. The maximum absolute atomic E-state index is 13.8. The predicted octanol–water partition coefficient (Wildman–Crippen LogP) is 3.69. The lowest BCUT2D eigenvalue weighted by atomic mass is 10.0. The van der Waals surface area contributed by atoms with E-state index in [4.69, 9.17) is 5.73 Å². The van der Waals surface area contributed by atoms with E-state index in [0.717, 1.165) is 0 Å². The Morgan fingerprint density at radius 1 is 0.976 bits per heavy atom. The highest BCUT2D eigenvalue weighted by atomic mass is 19.4. The molecule has 0 saturated carbocycles. The van der Waals surface area contributed by atoms with Crippen molar-refractivity contribution >= 4 is 17.8 Å². The van der Waals surface area contributed by atoms with Crippen LogP contribution < -0.4 is 11.1 Å². The smallest absolute Gasteiger partial charge is 0.334 e. The van der Waals surface area contributed by atoms with E-state index < -0.39 is 71.5 Å². The number of benzene rings is 2. The minimum Gasteiger partial charge on any atom is -0.334 e. The normalized spacial score (nSPS) is 19.9. The lowest BCUT2D eigenvalue weighted by Gasteiger charge is -2.52. The van der Waals surface area contributed by atoms with Gasteiger partial charge in [-0.05, 0) is 54.4 Å². The monoisotopic (exact) mass is 589 g/mol.